The van der Waals surface area contributed by atoms with Crippen LogP contribution in [-0.2, 0) is 4.79 Å². The van der Waals surface area contributed by atoms with E-state index in [2.05, 4.69) is 15.6 Å². The first-order valence-corrected chi connectivity index (χ1v) is 7.02. The van der Waals surface area contributed by atoms with Crippen molar-refractivity contribution < 1.29 is 14.7 Å². The molecule has 0 saturated carbocycles. The van der Waals surface area contributed by atoms with Crippen LogP contribution in [0.25, 0.3) is 0 Å². The van der Waals surface area contributed by atoms with E-state index < -0.39 is 5.97 Å². The number of hydrogen-bond donors (Lipinski definition) is 3. The summed E-state index contributed by atoms with van der Waals surface area (Å²) in [7, 11) is 0. The van der Waals surface area contributed by atoms with Gasteiger partial charge in [-0.15, -0.1) is 11.3 Å². The summed E-state index contributed by atoms with van der Waals surface area (Å²) in [6, 6.07) is -0.390. The zero-order valence-electron chi connectivity index (χ0n) is 11.0. The van der Waals surface area contributed by atoms with Crippen molar-refractivity contribution in [2.24, 2.45) is 5.92 Å². The molecule has 7 heteroatoms. The number of carbonyl (C=O) groups is 2. The molecule has 0 saturated heterocycles. The molecular formula is C12H19N3O3S. The highest BCUT2D eigenvalue weighted by Crippen LogP contribution is 2.14. The van der Waals surface area contributed by atoms with E-state index in [9.17, 15) is 9.59 Å². The zero-order chi connectivity index (χ0) is 14.3. The molecule has 6 nitrogen and oxygen atoms in total. The predicted molar refractivity (Wildman–Crippen MR) is 73.1 cm³/mol. The molecule has 0 bridgehead atoms. The molecule has 2 unspecified atom stereocenters. The highest BCUT2D eigenvalue weighted by molar-refractivity contribution is 7.09. The molecule has 1 rings (SSSR count). The van der Waals surface area contributed by atoms with Gasteiger partial charge in [-0.05, 0) is 19.3 Å². The summed E-state index contributed by atoms with van der Waals surface area (Å²) in [5, 5.41) is 16.8. The maximum absolute atomic E-state index is 11.6. The summed E-state index contributed by atoms with van der Waals surface area (Å²) in [5.74, 6) is -0.675. The van der Waals surface area contributed by atoms with Gasteiger partial charge < -0.3 is 15.7 Å². The van der Waals surface area contributed by atoms with Gasteiger partial charge in [0, 0.05) is 24.5 Å². The topological polar surface area (TPSA) is 91.3 Å². The number of carboxylic acid groups (broad SMARTS) is 1. The molecule has 1 aromatic rings. The SMILES string of the molecule is CC(CCC(=O)O)CNC(=O)NC(C)c1nccs1. The predicted octanol–water partition coefficient (Wildman–Crippen LogP) is 2.00. The van der Waals surface area contributed by atoms with Crippen LogP contribution in [0.5, 0.6) is 0 Å². The van der Waals surface area contributed by atoms with E-state index in [0.717, 1.165) is 5.01 Å². The second kappa shape index (κ2) is 7.73. The number of aliphatic carboxylic acids is 1. The van der Waals surface area contributed by atoms with Gasteiger partial charge >= 0.3 is 12.0 Å². The molecule has 0 aliphatic rings. The molecule has 2 atom stereocenters. The molecule has 0 fully saturated rings. The Labute approximate surface area is 116 Å². The number of carbonyl (C=O) groups excluding carboxylic acids is 1. The van der Waals surface area contributed by atoms with E-state index in [1.54, 1.807) is 6.20 Å². The zero-order valence-corrected chi connectivity index (χ0v) is 11.9. The van der Waals surface area contributed by atoms with Gasteiger partial charge in [0.15, 0.2) is 0 Å². The fourth-order valence-corrected chi connectivity index (χ4v) is 2.14. The number of nitrogens with one attached hydrogen (secondary N) is 2. The molecule has 19 heavy (non-hydrogen) atoms. The first kappa shape index (κ1) is 15.4. The standard InChI is InChI=1S/C12H19N3O3S/c1-8(3-4-10(16)17)7-14-12(18)15-9(2)11-13-5-6-19-11/h5-6,8-9H,3-4,7H2,1-2H3,(H,16,17)(H2,14,15,18). The first-order valence-electron chi connectivity index (χ1n) is 6.14. The molecule has 0 spiro atoms. The van der Waals surface area contributed by atoms with E-state index in [1.165, 1.54) is 11.3 Å². The number of nitrogens with zero attached hydrogens (tertiary/aromatic N) is 1. The fourth-order valence-electron chi connectivity index (χ4n) is 1.50. The Morgan fingerprint density at radius 3 is 2.79 bits per heavy atom. The lowest BCUT2D eigenvalue weighted by Gasteiger charge is -2.15. The van der Waals surface area contributed by atoms with Crippen molar-refractivity contribution in [1.82, 2.24) is 15.6 Å². The Morgan fingerprint density at radius 1 is 1.47 bits per heavy atom. The van der Waals surface area contributed by atoms with Crippen molar-refractivity contribution in [1.29, 1.82) is 0 Å². The lowest BCUT2D eigenvalue weighted by atomic mass is 10.1. The quantitative estimate of drug-likeness (QED) is 0.714. The van der Waals surface area contributed by atoms with Gasteiger partial charge in [0.1, 0.15) is 5.01 Å². The molecule has 0 aliphatic heterocycles. The number of urea groups is 1. The van der Waals surface area contributed by atoms with Crippen molar-refractivity contribution in [3.63, 3.8) is 0 Å². The summed E-state index contributed by atoms with van der Waals surface area (Å²) in [4.78, 5) is 26.2. The van der Waals surface area contributed by atoms with Crippen LogP contribution in [0.2, 0.25) is 0 Å². The first-order chi connectivity index (χ1) is 8.99. The third kappa shape index (κ3) is 6.19. The molecule has 106 valence electrons. The summed E-state index contributed by atoms with van der Waals surface area (Å²) >= 11 is 1.49. The van der Waals surface area contributed by atoms with Gasteiger partial charge in [-0.2, -0.15) is 0 Å². The van der Waals surface area contributed by atoms with Gasteiger partial charge in [-0.3, -0.25) is 4.79 Å². The van der Waals surface area contributed by atoms with Crippen molar-refractivity contribution in [2.75, 3.05) is 6.54 Å². The van der Waals surface area contributed by atoms with E-state index in [4.69, 9.17) is 5.11 Å². The number of aromatic nitrogens is 1. The molecular weight excluding hydrogens is 266 g/mol. The van der Waals surface area contributed by atoms with Crippen molar-refractivity contribution in [3.05, 3.63) is 16.6 Å². The monoisotopic (exact) mass is 285 g/mol. The van der Waals surface area contributed by atoms with Gasteiger partial charge in [0.2, 0.25) is 0 Å². The smallest absolute Gasteiger partial charge is 0.315 e. The Balaban J connectivity index is 2.22. The number of carboxylic acids is 1. The summed E-state index contributed by atoms with van der Waals surface area (Å²) < 4.78 is 0. The van der Waals surface area contributed by atoms with Gasteiger partial charge in [-0.25, -0.2) is 9.78 Å². The van der Waals surface area contributed by atoms with Gasteiger partial charge in [0.05, 0.1) is 6.04 Å². The summed E-state index contributed by atoms with van der Waals surface area (Å²) in [6.07, 6.45) is 2.38. The van der Waals surface area contributed by atoms with Crippen LogP contribution >= 0.6 is 11.3 Å². The molecule has 0 radical (unpaired) electrons. The number of hydrogen-bond acceptors (Lipinski definition) is 4. The summed E-state index contributed by atoms with van der Waals surface area (Å²) in [5.41, 5.74) is 0. The molecule has 0 aromatic carbocycles. The summed E-state index contributed by atoms with van der Waals surface area (Å²) in [6.45, 7) is 4.24. The number of thiazole rings is 1. The fraction of sp³-hybridized carbons (Fsp3) is 0.583. The number of amides is 2. The minimum atomic E-state index is -0.811. The molecule has 0 aliphatic carbocycles. The van der Waals surface area contributed by atoms with Crippen molar-refractivity contribution in [2.45, 2.75) is 32.7 Å². The minimum absolute atomic E-state index is 0.125. The van der Waals surface area contributed by atoms with E-state index in [0.29, 0.717) is 13.0 Å². The van der Waals surface area contributed by atoms with Crippen LogP contribution in [0.15, 0.2) is 11.6 Å². The third-order valence-electron chi connectivity index (χ3n) is 2.63. The van der Waals surface area contributed by atoms with Crippen LogP contribution in [0.4, 0.5) is 4.79 Å². The Hall–Kier alpha value is -1.63. The maximum Gasteiger partial charge on any atom is 0.315 e. The normalized spacial score (nSPS) is 13.6. The molecule has 3 N–H and O–H groups in total. The second-order valence-corrected chi connectivity index (χ2v) is 5.41. The molecule has 1 aromatic heterocycles. The maximum atomic E-state index is 11.6. The van der Waals surface area contributed by atoms with Crippen LogP contribution < -0.4 is 10.6 Å². The van der Waals surface area contributed by atoms with E-state index >= 15 is 0 Å². The molecule has 1 heterocycles. The van der Waals surface area contributed by atoms with Crippen LogP contribution in [0.3, 0.4) is 0 Å². The largest absolute Gasteiger partial charge is 0.481 e. The van der Waals surface area contributed by atoms with Crippen LogP contribution in [-0.4, -0.2) is 28.6 Å². The molecule has 2 amide bonds. The van der Waals surface area contributed by atoms with Crippen LogP contribution in [0, 0.1) is 5.92 Å². The third-order valence-corrected chi connectivity index (χ3v) is 3.59. The van der Waals surface area contributed by atoms with Crippen molar-refractivity contribution >= 4 is 23.3 Å². The van der Waals surface area contributed by atoms with E-state index in [1.807, 2.05) is 19.2 Å². The average Bonchev–Trinajstić information content (AvgIpc) is 2.87. The highest BCUT2D eigenvalue weighted by atomic mass is 32.1. The Bertz CT molecular complexity index is 408. The van der Waals surface area contributed by atoms with E-state index in [-0.39, 0.29) is 24.4 Å². The number of rotatable bonds is 7. The lowest BCUT2D eigenvalue weighted by Crippen LogP contribution is -2.39. The van der Waals surface area contributed by atoms with Crippen LogP contribution in [0.1, 0.15) is 37.7 Å². The van der Waals surface area contributed by atoms with Gasteiger partial charge in [0.25, 0.3) is 0 Å². The minimum Gasteiger partial charge on any atom is -0.481 e. The highest BCUT2D eigenvalue weighted by Gasteiger charge is 2.12. The Morgan fingerprint density at radius 2 is 2.21 bits per heavy atom. The van der Waals surface area contributed by atoms with Gasteiger partial charge in [-0.1, -0.05) is 6.92 Å². The lowest BCUT2D eigenvalue weighted by molar-refractivity contribution is -0.137. The second-order valence-electron chi connectivity index (χ2n) is 4.48. The average molecular weight is 285 g/mol. The Kier molecular flexibility index (Phi) is 6.27. The van der Waals surface area contributed by atoms with Crippen molar-refractivity contribution in [3.8, 4) is 0 Å².